The number of para-hydroxylation sites is 2. The Bertz CT molecular complexity index is 1180. The van der Waals surface area contributed by atoms with Gasteiger partial charge in [0.2, 0.25) is 5.71 Å². The van der Waals surface area contributed by atoms with E-state index in [-0.39, 0.29) is 0 Å². The van der Waals surface area contributed by atoms with Crippen molar-refractivity contribution in [2.45, 2.75) is 26.2 Å². The number of pyridine rings is 1. The molecule has 0 unspecified atom stereocenters. The molecule has 0 fully saturated rings. The first-order chi connectivity index (χ1) is 12.9. The molecule has 0 saturated heterocycles. The van der Waals surface area contributed by atoms with Crippen molar-refractivity contribution in [1.29, 1.82) is 0 Å². The summed E-state index contributed by atoms with van der Waals surface area (Å²) in [4.78, 5) is 8.92. The molecule has 5 rings (SSSR count). The van der Waals surface area contributed by atoms with Crippen LogP contribution in [0.3, 0.4) is 0 Å². The van der Waals surface area contributed by atoms with Crippen LogP contribution >= 0.6 is 0 Å². The number of anilines is 3. The summed E-state index contributed by atoms with van der Waals surface area (Å²) in [7, 11) is 6.47. The highest BCUT2D eigenvalue weighted by Crippen LogP contribution is 2.47. The fraction of sp³-hybridized carbons (Fsp3) is 0.227. The van der Waals surface area contributed by atoms with Crippen LogP contribution in [0.15, 0.2) is 59.1 Å². The lowest BCUT2D eigenvalue weighted by molar-refractivity contribution is 0.635. The number of furan rings is 1. The standard InChI is InChI=1S/C22H20BN3O/c1-14-10-11-15-16-7-6-12-24-21(16)27-20(15)19(14)25-13-26(22(2,3)23)18-9-5-4-8-17(18)25/h4-12H,13H2,1-3H3. The zero-order valence-corrected chi connectivity index (χ0v) is 15.7. The summed E-state index contributed by atoms with van der Waals surface area (Å²) in [5.74, 6) is 0. The number of hydrogen-bond acceptors (Lipinski definition) is 4. The Balaban J connectivity index is 1.78. The average molecular weight is 353 g/mol. The van der Waals surface area contributed by atoms with Crippen LogP contribution in [0.5, 0.6) is 0 Å². The van der Waals surface area contributed by atoms with E-state index in [9.17, 15) is 0 Å². The molecule has 132 valence electrons. The normalized spacial score (nSPS) is 14.3. The lowest BCUT2D eigenvalue weighted by Gasteiger charge is -2.35. The number of aromatic nitrogens is 1. The fourth-order valence-electron chi connectivity index (χ4n) is 3.99. The summed E-state index contributed by atoms with van der Waals surface area (Å²) in [5.41, 5.74) is 5.58. The maximum atomic E-state index is 6.47. The van der Waals surface area contributed by atoms with Crippen molar-refractivity contribution in [3.05, 3.63) is 60.3 Å². The lowest BCUT2D eigenvalue weighted by Crippen LogP contribution is -2.45. The summed E-state index contributed by atoms with van der Waals surface area (Å²) in [6.45, 7) is 6.86. The average Bonchev–Trinajstić information content (AvgIpc) is 3.20. The lowest BCUT2D eigenvalue weighted by atomic mass is 9.80. The molecule has 4 nitrogen and oxygen atoms in total. The highest BCUT2D eigenvalue weighted by atomic mass is 16.3. The Kier molecular flexibility index (Phi) is 3.32. The van der Waals surface area contributed by atoms with Crippen molar-refractivity contribution in [2.24, 2.45) is 0 Å². The van der Waals surface area contributed by atoms with Crippen molar-refractivity contribution >= 4 is 47.0 Å². The molecule has 2 aromatic carbocycles. The highest BCUT2D eigenvalue weighted by molar-refractivity contribution is 6.17. The van der Waals surface area contributed by atoms with E-state index >= 15 is 0 Å². The topological polar surface area (TPSA) is 32.5 Å². The molecular weight excluding hydrogens is 333 g/mol. The molecule has 0 aliphatic carbocycles. The third-order valence-electron chi connectivity index (χ3n) is 5.31. The molecule has 0 amide bonds. The summed E-state index contributed by atoms with van der Waals surface area (Å²) < 4.78 is 6.21. The zero-order chi connectivity index (χ0) is 18.8. The van der Waals surface area contributed by atoms with Crippen LogP contribution in [0.25, 0.3) is 22.1 Å². The Morgan fingerprint density at radius 2 is 1.78 bits per heavy atom. The number of benzene rings is 2. The van der Waals surface area contributed by atoms with Crippen LogP contribution in [0.4, 0.5) is 17.1 Å². The fourth-order valence-corrected chi connectivity index (χ4v) is 3.99. The number of rotatable bonds is 2. The first kappa shape index (κ1) is 16.2. The second-order valence-corrected chi connectivity index (χ2v) is 7.71. The minimum Gasteiger partial charge on any atom is -0.435 e. The summed E-state index contributed by atoms with van der Waals surface area (Å²) >= 11 is 0. The zero-order valence-electron chi connectivity index (χ0n) is 15.7. The van der Waals surface area contributed by atoms with Crippen molar-refractivity contribution < 1.29 is 4.42 Å². The van der Waals surface area contributed by atoms with E-state index in [0.717, 1.165) is 39.0 Å². The third kappa shape index (κ3) is 2.34. The molecule has 2 aromatic heterocycles. The van der Waals surface area contributed by atoms with Gasteiger partial charge in [0.15, 0.2) is 5.58 Å². The SMILES string of the molecule is [B]C(C)(C)N1CN(c2c(C)ccc3c2oc2ncccc23)c2ccccc21. The highest BCUT2D eigenvalue weighted by Gasteiger charge is 2.34. The minimum absolute atomic E-state index is 0.470. The quantitative estimate of drug-likeness (QED) is 0.469. The first-order valence-corrected chi connectivity index (χ1v) is 9.15. The monoisotopic (exact) mass is 353 g/mol. The minimum atomic E-state index is -0.470. The van der Waals surface area contributed by atoms with Crippen molar-refractivity contribution in [1.82, 2.24) is 4.98 Å². The van der Waals surface area contributed by atoms with Gasteiger partial charge >= 0.3 is 0 Å². The predicted molar refractivity (Wildman–Crippen MR) is 112 cm³/mol. The van der Waals surface area contributed by atoms with Crippen LogP contribution in [-0.4, -0.2) is 24.9 Å². The molecule has 0 atom stereocenters. The maximum Gasteiger partial charge on any atom is 0.227 e. The molecule has 3 heterocycles. The van der Waals surface area contributed by atoms with Gasteiger partial charge < -0.3 is 14.2 Å². The molecule has 1 aliphatic heterocycles. The summed E-state index contributed by atoms with van der Waals surface area (Å²) in [6.07, 6.45) is 1.76. The van der Waals surface area contributed by atoms with Crippen LogP contribution < -0.4 is 9.80 Å². The molecule has 5 heteroatoms. The van der Waals surface area contributed by atoms with Crippen molar-refractivity contribution in [3.8, 4) is 0 Å². The van der Waals surface area contributed by atoms with Crippen molar-refractivity contribution in [2.75, 3.05) is 16.5 Å². The van der Waals surface area contributed by atoms with Gasteiger partial charge in [0.05, 0.1) is 23.7 Å². The van der Waals surface area contributed by atoms with Gasteiger partial charge in [0.1, 0.15) is 7.85 Å². The molecule has 2 radical (unpaired) electrons. The molecule has 0 saturated carbocycles. The van der Waals surface area contributed by atoms with Gasteiger partial charge in [0, 0.05) is 17.0 Å². The molecule has 4 aromatic rings. The van der Waals surface area contributed by atoms with E-state index < -0.39 is 5.44 Å². The molecule has 0 N–H and O–H groups in total. The van der Waals surface area contributed by atoms with Crippen LogP contribution in [0, 0.1) is 6.92 Å². The van der Waals surface area contributed by atoms with E-state index in [1.54, 1.807) is 6.20 Å². The molecular formula is C22H20BN3O. The summed E-state index contributed by atoms with van der Waals surface area (Å²) in [6, 6.07) is 16.7. The second-order valence-electron chi connectivity index (χ2n) is 7.71. The third-order valence-corrected chi connectivity index (χ3v) is 5.31. The van der Waals surface area contributed by atoms with Gasteiger partial charge in [-0.1, -0.05) is 38.1 Å². The Labute approximate surface area is 159 Å². The molecule has 0 spiro atoms. The van der Waals surface area contributed by atoms with Gasteiger partial charge in [-0.2, -0.15) is 0 Å². The van der Waals surface area contributed by atoms with Crippen LogP contribution in [0.1, 0.15) is 19.4 Å². The van der Waals surface area contributed by atoms with Gasteiger partial charge in [-0.3, -0.25) is 0 Å². The van der Waals surface area contributed by atoms with Gasteiger partial charge in [-0.25, -0.2) is 4.98 Å². The molecule has 0 bridgehead atoms. The number of aryl methyl sites for hydroxylation is 1. The van der Waals surface area contributed by atoms with Gasteiger partial charge in [-0.05, 0) is 42.2 Å². The maximum absolute atomic E-state index is 6.47. The largest absolute Gasteiger partial charge is 0.435 e. The number of hydrogen-bond donors (Lipinski definition) is 0. The van der Waals surface area contributed by atoms with Crippen LogP contribution in [-0.2, 0) is 0 Å². The number of fused-ring (bicyclic) bond motifs is 4. The van der Waals surface area contributed by atoms with E-state index in [4.69, 9.17) is 12.3 Å². The molecule has 1 aliphatic rings. The Morgan fingerprint density at radius 1 is 1.00 bits per heavy atom. The number of nitrogens with zero attached hydrogens (tertiary/aromatic N) is 3. The van der Waals surface area contributed by atoms with Crippen molar-refractivity contribution in [3.63, 3.8) is 0 Å². The van der Waals surface area contributed by atoms with Crippen LogP contribution in [0.2, 0.25) is 0 Å². The van der Waals surface area contributed by atoms with Gasteiger partial charge in [0.25, 0.3) is 0 Å². The molecule has 27 heavy (non-hydrogen) atoms. The van der Waals surface area contributed by atoms with Gasteiger partial charge in [-0.15, -0.1) is 0 Å². The smallest absolute Gasteiger partial charge is 0.227 e. The second kappa shape index (κ2) is 5.52. The Hall–Kier alpha value is -2.95. The summed E-state index contributed by atoms with van der Waals surface area (Å²) in [5, 5.41) is 2.12. The first-order valence-electron chi connectivity index (χ1n) is 9.15. The van der Waals surface area contributed by atoms with E-state index in [2.05, 4.69) is 64.2 Å². The predicted octanol–water partition coefficient (Wildman–Crippen LogP) is 5.11. The van der Waals surface area contributed by atoms with E-state index in [1.165, 1.54) is 0 Å². The van der Waals surface area contributed by atoms with E-state index in [1.807, 2.05) is 19.9 Å². The van der Waals surface area contributed by atoms with E-state index in [0.29, 0.717) is 12.4 Å². The Morgan fingerprint density at radius 3 is 2.56 bits per heavy atom.